The quantitative estimate of drug-likeness (QED) is 0.629. The number of nitrogens with zero attached hydrogens (tertiary/aromatic N) is 4. The Morgan fingerprint density at radius 2 is 2.07 bits per heavy atom. The molecular weight excluding hydrogens is 384 g/mol. The predicted molar refractivity (Wildman–Crippen MR) is 105 cm³/mol. The van der Waals surface area contributed by atoms with Crippen molar-refractivity contribution >= 4 is 32.4 Å². The molecule has 3 heterocycles. The lowest BCUT2D eigenvalue weighted by atomic mass is 10.3. The van der Waals surface area contributed by atoms with Crippen LogP contribution in [-0.4, -0.2) is 53.6 Å². The Morgan fingerprint density at radius 1 is 1.26 bits per heavy atom. The monoisotopic (exact) mass is 406 g/mol. The van der Waals surface area contributed by atoms with Gasteiger partial charge in [-0.3, -0.25) is 0 Å². The van der Waals surface area contributed by atoms with E-state index in [-0.39, 0.29) is 4.90 Å². The summed E-state index contributed by atoms with van der Waals surface area (Å²) in [5.41, 5.74) is 4.23. The molecule has 9 heteroatoms. The third-order valence-corrected chi connectivity index (χ3v) is 7.21. The molecule has 2 aromatic heterocycles. The molecule has 0 aliphatic carbocycles. The number of benzene rings is 1. The Labute approximate surface area is 162 Å². The number of imidazole rings is 1. The zero-order chi connectivity index (χ0) is 18.9. The zero-order valence-corrected chi connectivity index (χ0v) is 16.8. The topological polar surface area (TPSA) is 77.3 Å². The van der Waals surface area contributed by atoms with E-state index in [4.69, 9.17) is 9.72 Å². The van der Waals surface area contributed by atoms with Crippen molar-refractivity contribution in [1.82, 2.24) is 18.8 Å². The minimum atomic E-state index is -3.54. The van der Waals surface area contributed by atoms with Gasteiger partial charge in [0.2, 0.25) is 10.0 Å². The van der Waals surface area contributed by atoms with E-state index in [2.05, 4.69) is 16.5 Å². The maximum Gasteiger partial charge on any atom is 0.243 e. The molecule has 27 heavy (non-hydrogen) atoms. The number of sulfonamides is 1. The zero-order valence-electron chi connectivity index (χ0n) is 15.2. The summed E-state index contributed by atoms with van der Waals surface area (Å²) >= 11 is 1.52. The molecule has 1 saturated heterocycles. The van der Waals surface area contributed by atoms with Crippen molar-refractivity contribution in [2.45, 2.75) is 31.2 Å². The average molecular weight is 407 g/mol. The number of aryl methyl sites for hydroxylation is 1. The van der Waals surface area contributed by atoms with E-state index in [9.17, 15) is 8.42 Å². The van der Waals surface area contributed by atoms with Gasteiger partial charge in [0.15, 0.2) is 5.82 Å². The average Bonchev–Trinajstić information content (AvgIpc) is 3.34. The summed E-state index contributed by atoms with van der Waals surface area (Å²) in [5, 5.41) is 1.97. The summed E-state index contributed by atoms with van der Waals surface area (Å²) in [5.74, 6) is 0.792. The van der Waals surface area contributed by atoms with E-state index in [0.29, 0.717) is 31.8 Å². The summed E-state index contributed by atoms with van der Waals surface area (Å²) < 4.78 is 34.8. The van der Waals surface area contributed by atoms with E-state index in [0.717, 1.165) is 36.4 Å². The largest absolute Gasteiger partial charge is 0.379 e. The molecule has 1 aromatic carbocycles. The first-order chi connectivity index (χ1) is 13.1. The molecule has 0 bridgehead atoms. The van der Waals surface area contributed by atoms with Gasteiger partial charge in [-0.2, -0.15) is 4.31 Å². The lowest BCUT2D eigenvalue weighted by Crippen LogP contribution is -2.40. The first-order valence-corrected chi connectivity index (χ1v) is 11.5. The van der Waals surface area contributed by atoms with Gasteiger partial charge in [-0.1, -0.05) is 13.3 Å². The van der Waals surface area contributed by atoms with E-state index in [1.165, 1.54) is 15.6 Å². The number of hydrogen-bond donors (Lipinski definition) is 0. The van der Waals surface area contributed by atoms with Crippen LogP contribution in [0.3, 0.4) is 0 Å². The van der Waals surface area contributed by atoms with Crippen LogP contribution in [0.2, 0.25) is 0 Å². The number of morpholine rings is 1. The fourth-order valence-corrected chi connectivity index (χ4v) is 5.23. The van der Waals surface area contributed by atoms with Crippen LogP contribution in [-0.2, 0) is 21.3 Å². The number of thiazole rings is 1. The van der Waals surface area contributed by atoms with Crippen LogP contribution in [0.5, 0.6) is 0 Å². The van der Waals surface area contributed by atoms with Gasteiger partial charge in [-0.15, -0.1) is 11.3 Å². The fraction of sp³-hybridized carbons (Fsp3) is 0.444. The molecule has 0 spiro atoms. The summed E-state index contributed by atoms with van der Waals surface area (Å²) in [6.45, 7) is 4.61. The van der Waals surface area contributed by atoms with Crippen LogP contribution < -0.4 is 0 Å². The number of ether oxygens (including phenoxy) is 1. The second kappa shape index (κ2) is 7.67. The number of hydrogen-bond acceptors (Lipinski definition) is 6. The highest BCUT2D eigenvalue weighted by molar-refractivity contribution is 7.89. The van der Waals surface area contributed by atoms with E-state index >= 15 is 0 Å². The second-order valence-corrected chi connectivity index (χ2v) is 9.14. The smallest absolute Gasteiger partial charge is 0.243 e. The van der Waals surface area contributed by atoms with Gasteiger partial charge in [-0.25, -0.2) is 18.4 Å². The number of unbranched alkanes of at least 4 members (excludes halogenated alkanes) is 1. The van der Waals surface area contributed by atoms with E-state index < -0.39 is 10.0 Å². The lowest BCUT2D eigenvalue weighted by Gasteiger charge is -2.26. The molecule has 144 valence electrons. The van der Waals surface area contributed by atoms with Crippen LogP contribution >= 0.6 is 11.3 Å². The number of fused-ring (bicyclic) bond motifs is 1. The molecule has 0 radical (unpaired) electrons. The molecule has 1 fully saturated rings. The number of aromatic nitrogens is 3. The van der Waals surface area contributed by atoms with Crippen molar-refractivity contribution in [2.75, 3.05) is 26.3 Å². The van der Waals surface area contributed by atoms with E-state index in [1.807, 2.05) is 11.4 Å². The highest BCUT2D eigenvalue weighted by Gasteiger charge is 2.27. The van der Waals surface area contributed by atoms with Crippen LogP contribution in [0.4, 0.5) is 0 Å². The maximum atomic E-state index is 12.9. The van der Waals surface area contributed by atoms with Gasteiger partial charge in [0.25, 0.3) is 0 Å². The number of rotatable bonds is 6. The molecule has 0 atom stereocenters. The Hall–Kier alpha value is -1.81. The maximum absolute atomic E-state index is 12.9. The third-order valence-electron chi connectivity index (χ3n) is 4.72. The molecule has 0 N–H and O–H groups in total. The molecular formula is C18H22N4O3S2. The Balaban J connectivity index is 1.78. The summed E-state index contributed by atoms with van der Waals surface area (Å²) in [6, 6.07) is 5.22. The Morgan fingerprint density at radius 3 is 2.78 bits per heavy atom. The SMILES string of the molecule is CCCCn1c(-c2cscn2)nc2cc(S(=O)(=O)N3CCOCC3)ccc21. The van der Waals surface area contributed by atoms with Crippen molar-refractivity contribution in [1.29, 1.82) is 0 Å². The molecule has 0 unspecified atom stereocenters. The standard InChI is InChI=1S/C18H22N4O3S2/c1-2-3-6-22-17-5-4-14(27(23,24)21-7-9-25-10-8-21)11-15(17)20-18(22)16-12-26-13-19-16/h4-5,11-13H,2-3,6-10H2,1H3. The predicted octanol–water partition coefficient (Wildman–Crippen LogP) is 2.98. The molecule has 3 aromatic rings. The molecule has 1 aliphatic rings. The fourth-order valence-electron chi connectivity index (χ4n) is 3.27. The van der Waals surface area contributed by atoms with Crippen molar-refractivity contribution in [2.24, 2.45) is 0 Å². The first kappa shape index (κ1) is 18.5. The molecule has 0 amide bonds. The summed E-state index contributed by atoms with van der Waals surface area (Å²) in [4.78, 5) is 9.40. The Kier molecular flexibility index (Phi) is 5.27. The van der Waals surface area contributed by atoms with Gasteiger partial charge >= 0.3 is 0 Å². The Bertz CT molecular complexity index is 1020. The summed E-state index contributed by atoms with van der Waals surface area (Å²) in [6.07, 6.45) is 2.09. The lowest BCUT2D eigenvalue weighted by molar-refractivity contribution is 0.0730. The van der Waals surface area contributed by atoms with Crippen LogP contribution in [0, 0.1) is 0 Å². The molecule has 0 saturated carbocycles. The molecule has 1 aliphatic heterocycles. The minimum Gasteiger partial charge on any atom is -0.379 e. The van der Waals surface area contributed by atoms with Crippen molar-refractivity contribution < 1.29 is 13.2 Å². The summed E-state index contributed by atoms with van der Waals surface area (Å²) in [7, 11) is -3.54. The van der Waals surface area contributed by atoms with Gasteiger partial charge < -0.3 is 9.30 Å². The molecule has 4 rings (SSSR count). The van der Waals surface area contributed by atoms with Gasteiger partial charge in [-0.05, 0) is 24.6 Å². The van der Waals surface area contributed by atoms with Crippen molar-refractivity contribution in [3.63, 3.8) is 0 Å². The third kappa shape index (κ3) is 3.52. The van der Waals surface area contributed by atoms with Crippen LogP contribution in [0.1, 0.15) is 19.8 Å². The molecule has 7 nitrogen and oxygen atoms in total. The highest BCUT2D eigenvalue weighted by Crippen LogP contribution is 2.28. The van der Waals surface area contributed by atoms with Gasteiger partial charge in [0, 0.05) is 25.0 Å². The van der Waals surface area contributed by atoms with Crippen LogP contribution in [0.15, 0.2) is 34.0 Å². The normalized spacial score (nSPS) is 16.2. The van der Waals surface area contributed by atoms with Crippen LogP contribution in [0.25, 0.3) is 22.6 Å². The van der Waals surface area contributed by atoms with E-state index in [1.54, 1.807) is 17.6 Å². The first-order valence-electron chi connectivity index (χ1n) is 9.08. The highest BCUT2D eigenvalue weighted by atomic mass is 32.2. The van der Waals surface area contributed by atoms with Gasteiger partial charge in [0.05, 0.1) is 34.7 Å². The van der Waals surface area contributed by atoms with Crippen molar-refractivity contribution in [3.8, 4) is 11.5 Å². The van der Waals surface area contributed by atoms with Gasteiger partial charge in [0.1, 0.15) is 5.69 Å². The second-order valence-electron chi connectivity index (χ2n) is 6.48. The minimum absolute atomic E-state index is 0.280. The van der Waals surface area contributed by atoms with Crippen molar-refractivity contribution in [3.05, 3.63) is 29.1 Å².